The van der Waals surface area contributed by atoms with Gasteiger partial charge in [0.1, 0.15) is 0 Å². The number of hydrogen-bond donors (Lipinski definition) is 1. The van der Waals surface area contributed by atoms with E-state index < -0.39 is 29.7 Å². The number of hydrogen-bond acceptors (Lipinski definition) is 3. The summed E-state index contributed by atoms with van der Waals surface area (Å²) in [5, 5.41) is 2.62. The molecule has 0 aliphatic rings. The van der Waals surface area contributed by atoms with Gasteiger partial charge >= 0.3 is 12.1 Å². The summed E-state index contributed by atoms with van der Waals surface area (Å²) in [4.78, 5) is 23.4. The van der Waals surface area contributed by atoms with Crippen LogP contribution in [0.5, 0.6) is 0 Å². The Morgan fingerprint density at radius 1 is 1.11 bits per heavy atom. The van der Waals surface area contributed by atoms with E-state index >= 15 is 0 Å². The molecular weight excluding hydrogens is 359 g/mol. The number of rotatable bonds is 5. The molecule has 0 fully saturated rings. The molecule has 7 heteroatoms. The summed E-state index contributed by atoms with van der Waals surface area (Å²) in [7, 11) is 1.28. The maximum atomic E-state index is 12.8. The lowest BCUT2D eigenvalue weighted by molar-refractivity contribution is -0.137. The number of alkyl halides is 3. The van der Waals surface area contributed by atoms with E-state index in [2.05, 4.69) is 10.1 Å². The molecule has 1 N–H and O–H groups in total. The molecular formula is C20H18F3NO3. The third kappa shape index (κ3) is 5.70. The number of esters is 1. The van der Waals surface area contributed by atoms with Crippen molar-refractivity contribution in [2.24, 2.45) is 0 Å². The first-order valence-corrected chi connectivity index (χ1v) is 8.05. The average molecular weight is 377 g/mol. The van der Waals surface area contributed by atoms with Crippen LogP contribution in [0, 0.1) is 0 Å². The van der Waals surface area contributed by atoms with Crippen LogP contribution in [0.25, 0.3) is 6.08 Å². The van der Waals surface area contributed by atoms with E-state index in [0.717, 1.165) is 12.1 Å². The Labute approximate surface area is 154 Å². The van der Waals surface area contributed by atoms with Gasteiger partial charge in [0.15, 0.2) is 0 Å². The summed E-state index contributed by atoms with van der Waals surface area (Å²) >= 11 is 0. The van der Waals surface area contributed by atoms with E-state index in [4.69, 9.17) is 0 Å². The van der Waals surface area contributed by atoms with Gasteiger partial charge < -0.3 is 10.1 Å². The van der Waals surface area contributed by atoms with Crippen LogP contribution in [0.1, 0.15) is 40.0 Å². The lowest BCUT2D eigenvalue weighted by Crippen LogP contribution is -2.24. The van der Waals surface area contributed by atoms with Gasteiger partial charge in [-0.05, 0) is 48.4 Å². The van der Waals surface area contributed by atoms with Crippen molar-refractivity contribution < 1.29 is 27.5 Å². The van der Waals surface area contributed by atoms with Gasteiger partial charge in [0.25, 0.3) is 0 Å². The smallest absolute Gasteiger partial charge is 0.416 e. The summed E-state index contributed by atoms with van der Waals surface area (Å²) in [6.07, 6.45) is -1.62. The molecule has 0 aliphatic heterocycles. The standard InChI is InChI=1S/C20H18F3NO3/c1-13(16-4-3-5-17(12-16)20(21,22)23)24-18(25)11-8-14-6-9-15(10-7-14)19(26)27-2/h3-13H,1-2H3,(H,24,25)/b11-8+. The van der Waals surface area contributed by atoms with Gasteiger partial charge in [0, 0.05) is 6.08 Å². The normalized spacial score (nSPS) is 12.6. The zero-order valence-corrected chi connectivity index (χ0v) is 14.7. The molecule has 0 saturated heterocycles. The molecule has 1 atom stereocenters. The van der Waals surface area contributed by atoms with Crippen molar-refractivity contribution in [3.8, 4) is 0 Å². The number of benzene rings is 2. The fraction of sp³-hybridized carbons (Fsp3) is 0.200. The van der Waals surface area contributed by atoms with Gasteiger partial charge in [-0.15, -0.1) is 0 Å². The number of nitrogens with one attached hydrogen (secondary N) is 1. The monoisotopic (exact) mass is 377 g/mol. The average Bonchev–Trinajstić information content (AvgIpc) is 2.65. The zero-order chi connectivity index (χ0) is 20.0. The number of carbonyl (C=O) groups is 2. The van der Waals surface area contributed by atoms with Gasteiger partial charge in [-0.1, -0.05) is 24.3 Å². The molecule has 2 aromatic rings. The molecule has 1 unspecified atom stereocenters. The van der Waals surface area contributed by atoms with Crippen LogP contribution in [-0.4, -0.2) is 19.0 Å². The summed E-state index contributed by atoms with van der Waals surface area (Å²) in [5.74, 6) is -0.907. The first-order valence-electron chi connectivity index (χ1n) is 8.05. The Hall–Kier alpha value is -3.09. The van der Waals surface area contributed by atoms with Crippen LogP contribution in [-0.2, 0) is 15.7 Å². The predicted molar refractivity (Wildman–Crippen MR) is 94.8 cm³/mol. The van der Waals surface area contributed by atoms with E-state index in [1.807, 2.05) is 0 Å². The fourth-order valence-electron chi connectivity index (χ4n) is 2.35. The number of amides is 1. The second kappa shape index (κ2) is 8.53. The van der Waals surface area contributed by atoms with E-state index in [0.29, 0.717) is 16.7 Å². The molecule has 1 amide bonds. The Morgan fingerprint density at radius 2 is 1.78 bits per heavy atom. The first-order chi connectivity index (χ1) is 12.7. The topological polar surface area (TPSA) is 55.4 Å². The van der Waals surface area contributed by atoms with Crippen LogP contribution in [0.2, 0.25) is 0 Å². The van der Waals surface area contributed by atoms with Crippen LogP contribution < -0.4 is 5.32 Å². The highest BCUT2D eigenvalue weighted by atomic mass is 19.4. The molecule has 0 bridgehead atoms. The second-order valence-corrected chi connectivity index (χ2v) is 5.80. The first kappa shape index (κ1) is 20.2. The van der Waals surface area contributed by atoms with Gasteiger partial charge in [-0.25, -0.2) is 4.79 Å². The number of ether oxygens (including phenoxy) is 1. The molecule has 0 aromatic heterocycles. The summed E-state index contributed by atoms with van der Waals surface area (Å²) in [6.45, 7) is 1.60. The Bertz CT molecular complexity index is 842. The lowest BCUT2D eigenvalue weighted by atomic mass is 10.0. The maximum Gasteiger partial charge on any atom is 0.416 e. The van der Waals surface area contributed by atoms with Crippen molar-refractivity contribution in [2.45, 2.75) is 19.1 Å². The molecule has 142 valence electrons. The van der Waals surface area contributed by atoms with Gasteiger partial charge in [-0.3, -0.25) is 4.79 Å². The third-order valence-electron chi connectivity index (χ3n) is 3.83. The highest BCUT2D eigenvalue weighted by molar-refractivity contribution is 5.92. The van der Waals surface area contributed by atoms with Crippen LogP contribution in [0.3, 0.4) is 0 Å². The van der Waals surface area contributed by atoms with Crippen molar-refractivity contribution in [3.05, 3.63) is 76.9 Å². The highest BCUT2D eigenvalue weighted by Gasteiger charge is 2.30. The SMILES string of the molecule is COC(=O)c1ccc(/C=C/C(=O)NC(C)c2cccc(C(F)(F)F)c2)cc1. The summed E-state index contributed by atoms with van der Waals surface area (Å²) in [6, 6.07) is 10.7. The Kier molecular flexibility index (Phi) is 6.39. The van der Waals surface area contributed by atoms with Crippen molar-refractivity contribution >= 4 is 18.0 Å². The Balaban J connectivity index is 2.00. The van der Waals surface area contributed by atoms with Crippen LogP contribution in [0.4, 0.5) is 13.2 Å². The molecule has 0 saturated carbocycles. The maximum absolute atomic E-state index is 12.8. The van der Waals surface area contributed by atoms with Crippen molar-refractivity contribution in [1.82, 2.24) is 5.32 Å². The number of methoxy groups -OCH3 is 1. The molecule has 0 radical (unpaired) electrons. The van der Waals surface area contributed by atoms with E-state index in [1.54, 1.807) is 31.2 Å². The van der Waals surface area contributed by atoms with Gasteiger partial charge in [0.2, 0.25) is 5.91 Å². The van der Waals surface area contributed by atoms with E-state index in [1.165, 1.54) is 31.4 Å². The van der Waals surface area contributed by atoms with Crippen molar-refractivity contribution in [2.75, 3.05) is 7.11 Å². The molecule has 4 nitrogen and oxygen atoms in total. The highest BCUT2D eigenvalue weighted by Crippen LogP contribution is 2.30. The van der Waals surface area contributed by atoms with E-state index in [9.17, 15) is 22.8 Å². The van der Waals surface area contributed by atoms with Crippen molar-refractivity contribution in [1.29, 1.82) is 0 Å². The molecule has 2 rings (SSSR count). The molecule has 2 aromatic carbocycles. The van der Waals surface area contributed by atoms with E-state index in [-0.39, 0.29) is 0 Å². The van der Waals surface area contributed by atoms with Gasteiger partial charge in [-0.2, -0.15) is 13.2 Å². The fourth-order valence-corrected chi connectivity index (χ4v) is 2.35. The summed E-state index contributed by atoms with van der Waals surface area (Å²) < 4.78 is 42.9. The lowest BCUT2D eigenvalue weighted by Gasteiger charge is -2.15. The minimum Gasteiger partial charge on any atom is -0.465 e. The molecule has 0 aliphatic carbocycles. The minimum absolute atomic E-state index is 0.356. The predicted octanol–water partition coefficient (Wildman–Crippen LogP) is 4.38. The number of halogens is 3. The van der Waals surface area contributed by atoms with Crippen molar-refractivity contribution in [3.63, 3.8) is 0 Å². The summed E-state index contributed by atoms with van der Waals surface area (Å²) in [5.41, 5.74) is 0.665. The number of carbonyl (C=O) groups excluding carboxylic acids is 2. The third-order valence-corrected chi connectivity index (χ3v) is 3.83. The van der Waals surface area contributed by atoms with Crippen LogP contribution in [0.15, 0.2) is 54.6 Å². The second-order valence-electron chi connectivity index (χ2n) is 5.80. The minimum atomic E-state index is -4.43. The molecule has 0 heterocycles. The van der Waals surface area contributed by atoms with Crippen LogP contribution >= 0.6 is 0 Å². The quantitative estimate of drug-likeness (QED) is 0.621. The molecule has 27 heavy (non-hydrogen) atoms. The largest absolute Gasteiger partial charge is 0.465 e. The van der Waals surface area contributed by atoms with Gasteiger partial charge in [0.05, 0.1) is 24.3 Å². The Morgan fingerprint density at radius 3 is 2.37 bits per heavy atom. The molecule has 0 spiro atoms. The zero-order valence-electron chi connectivity index (χ0n) is 14.7.